The van der Waals surface area contributed by atoms with Crippen LogP contribution in [0.15, 0.2) is 24.3 Å². The molecule has 0 aliphatic carbocycles. The van der Waals surface area contributed by atoms with Crippen molar-refractivity contribution in [3.05, 3.63) is 35.4 Å². The van der Waals surface area contributed by atoms with E-state index in [0.29, 0.717) is 12.1 Å². The van der Waals surface area contributed by atoms with Gasteiger partial charge >= 0.3 is 0 Å². The molecule has 1 aromatic carbocycles. The van der Waals surface area contributed by atoms with Crippen molar-refractivity contribution in [2.45, 2.75) is 38.5 Å². The fraction of sp³-hybridized carbons (Fsp3) is 0.647. The fourth-order valence-electron chi connectivity index (χ4n) is 2.79. The highest BCUT2D eigenvalue weighted by molar-refractivity contribution is 5.26. The van der Waals surface area contributed by atoms with Gasteiger partial charge in [0.2, 0.25) is 0 Å². The van der Waals surface area contributed by atoms with Gasteiger partial charge in [0, 0.05) is 31.7 Å². The first kappa shape index (κ1) is 16.4. The number of rotatable bonds is 7. The molecule has 2 unspecified atom stereocenters. The van der Waals surface area contributed by atoms with Crippen LogP contribution in [0.4, 0.5) is 0 Å². The van der Waals surface area contributed by atoms with Gasteiger partial charge in [0.1, 0.15) is 0 Å². The summed E-state index contributed by atoms with van der Waals surface area (Å²) in [5.41, 5.74) is 2.80. The van der Waals surface area contributed by atoms with Gasteiger partial charge < -0.3 is 20.3 Å². The van der Waals surface area contributed by atoms with Gasteiger partial charge in [-0.3, -0.25) is 0 Å². The lowest BCUT2D eigenvalue weighted by Gasteiger charge is -2.27. The molecule has 4 heteroatoms. The van der Waals surface area contributed by atoms with Crippen LogP contribution in [0.3, 0.4) is 0 Å². The molecule has 2 N–H and O–H groups in total. The Morgan fingerprint density at radius 2 is 2.10 bits per heavy atom. The van der Waals surface area contributed by atoms with Crippen LogP contribution in [-0.4, -0.2) is 50.8 Å². The lowest BCUT2D eigenvalue weighted by Crippen LogP contribution is -2.44. The van der Waals surface area contributed by atoms with Crippen LogP contribution in [-0.2, 0) is 17.8 Å². The quantitative estimate of drug-likeness (QED) is 0.800. The van der Waals surface area contributed by atoms with Crippen LogP contribution in [0.1, 0.15) is 24.5 Å². The third-order valence-electron chi connectivity index (χ3n) is 3.88. The van der Waals surface area contributed by atoms with Crippen LogP contribution in [0.25, 0.3) is 0 Å². The van der Waals surface area contributed by atoms with E-state index in [1.807, 2.05) is 0 Å². The summed E-state index contributed by atoms with van der Waals surface area (Å²) in [5.74, 6) is 0. The third kappa shape index (κ3) is 5.75. The van der Waals surface area contributed by atoms with E-state index in [0.717, 1.165) is 39.3 Å². The second-order valence-corrected chi connectivity index (χ2v) is 6.25. The molecular formula is C17H29N3O. The molecule has 21 heavy (non-hydrogen) atoms. The van der Waals surface area contributed by atoms with Crippen molar-refractivity contribution >= 4 is 0 Å². The van der Waals surface area contributed by atoms with Gasteiger partial charge in [-0.2, -0.15) is 0 Å². The van der Waals surface area contributed by atoms with Crippen molar-refractivity contribution in [2.75, 3.05) is 33.9 Å². The second-order valence-electron chi connectivity index (χ2n) is 6.25. The third-order valence-corrected chi connectivity index (χ3v) is 3.88. The van der Waals surface area contributed by atoms with E-state index in [1.54, 1.807) is 0 Å². The minimum Gasteiger partial charge on any atom is -0.379 e. The topological polar surface area (TPSA) is 36.5 Å². The maximum atomic E-state index is 5.51. The first-order chi connectivity index (χ1) is 10.1. The van der Waals surface area contributed by atoms with Crippen LogP contribution >= 0.6 is 0 Å². The van der Waals surface area contributed by atoms with Gasteiger partial charge in [-0.1, -0.05) is 24.3 Å². The van der Waals surface area contributed by atoms with Crippen molar-refractivity contribution in [1.82, 2.24) is 15.5 Å². The molecule has 118 valence electrons. The average molecular weight is 291 g/mol. The van der Waals surface area contributed by atoms with E-state index in [2.05, 4.69) is 60.8 Å². The predicted molar refractivity (Wildman–Crippen MR) is 87.4 cm³/mol. The zero-order chi connectivity index (χ0) is 15.1. The number of hydrogen-bond acceptors (Lipinski definition) is 4. The minimum atomic E-state index is 0.483. The lowest BCUT2D eigenvalue weighted by atomic mass is 10.1. The van der Waals surface area contributed by atoms with Gasteiger partial charge in [-0.05, 0) is 38.6 Å². The second kappa shape index (κ2) is 8.49. The number of ether oxygens (including phenoxy) is 1. The number of morpholine rings is 1. The molecule has 1 heterocycles. The smallest absolute Gasteiger partial charge is 0.0620 e. The highest BCUT2D eigenvalue weighted by Crippen LogP contribution is 2.11. The summed E-state index contributed by atoms with van der Waals surface area (Å²) in [6.45, 7) is 6.83. The Labute approximate surface area is 128 Å². The van der Waals surface area contributed by atoms with Crippen LogP contribution in [0, 0.1) is 0 Å². The Kier molecular flexibility index (Phi) is 6.64. The SMILES string of the molecule is CC(CC1COCCN1)NCc1ccccc1CN(C)C. The molecular weight excluding hydrogens is 262 g/mol. The maximum Gasteiger partial charge on any atom is 0.0620 e. The molecule has 1 aliphatic rings. The molecule has 1 fully saturated rings. The van der Waals surface area contributed by atoms with Gasteiger partial charge in [0.15, 0.2) is 0 Å². The number of benzene rings is 1. The molecule has 0 radical (unpaired) electrons. The predicted octanol–water partition coefficient (Wildman–Crippen LogP) is 1.60. The van der Waals surface area contributed by atoms with Crippen molar-refractivity contribution in [2.24, 2.45) is 0 Å². The van der Waals surface area contributed by atoms with E-state index < -0.39 is 0 Å². The van der Waals surface area contributed by atoms with Gasteiger partial charge in [0.25, 0.3) is 0 Å². The highest BCUT2D eigenvalue weighted by atomic mass is 16.5. The van der Waals surface area contributed by atoms with E-state index in [4.69, 9.17) is 4.74 Å². The molecule has 1 aromatic rings. The van der Waals surface area contributed by atoms with Crippen molar-refractivity contribution in [3.63, 3.8) is 0 Å². The first-order valence-electron chi connectivity index (χ1n) is 7.91. The molecule has 0 aromatic heterocycles. The number of nitrogens with one attached hydrogen (secondary N) is 2. The van der Waals surface area contributed by atoms with Gasteiger partial charge in [-0.15, -0.1) is 0 Å². The maximum absolute atomic E-state index is 5.51. The molecule has 1 aliphatic heterocycles. The summed E-state index contributed by atoms with van der Waals surface area (Å²) in [7, 11) is 4.23. The fourth-order valence-corrected chi connectivity index (χ4v) is 2.79. The Hall–Kier alpha value is -0.940. The van der Waals surface area contributed by atoms with E-state index >= 15 is 0 Å². The first-order valence-corrected chi connectivity index (χ1v) is 7.91. The van der Waals surface area contributed by atoms with Gasteiger partial charge in [0.05, 0.1) is 13.2 Å². The standard InChI is InChI=1S/C17H29N3O/c1-14(10-17-13-21-9-8-18-17)19-11-15-6-4-5-7-16(15)12-20(2)3/h4-7,14,17-19H,8-13H2,1-3H3. The molecule has 0 bridgehead atoms. The zero-order valence-corrected chi connectivity index (χ0v) is 13.6. The normalized spacial score (nSPS) is 20.7. The number of nitrogens with zero attached hydrogens (tertiary/aromatic N) is 1. The van der Waals surface area contributed by atoms with Crippen LogP contribution in [0.2, 0.25) is 0 Å². The molecule has 2 atom stereocenters. The molecule has 0 amide bonds. The van der Waals surface area contributed by atoms with Crippen molar-refractivity contribution in [1.29, 1.82) is 0 Å². The Morgan fingerprint density at radius 3 is 2.76 bits per heavy atom. The van der Waals surface area contributed by atoms with E-state index in [9.17, 15) is 0 Å². The summed E-state index contributed by atoms with van der Waals surface area (Å²) >= 11 is 0. The molecule has 1 saturated heterocycles. The van der Waals surface area contributed by atoms with E-state index in [-0.39, 0.29) is 0 Å². The molecule has 2 rings (SSSR count). The summed E-state index contributed by atoms with van der Waals surface area (Å²) in [4.78, 5) is 2.21. The van der Waals surface area contributed by atoms with Crippen molar-refractivity contribution < 1.29 is 4.74 Å². The Balaban J connectivity index is 1.81. The molecule has 0 saturated carbocycles. The van der Waals surface area contributed by atoms with E-state index in [1.165, 1.54) is 11.1 Å². The monoisotopic (exact) mass is 291 g/mol. The van der Waals surface area contributed by atoms with Crippen LogP contribution in [0.5, 0.6) is 0 Å². The Bertz CT molecular complexity index is 416. The lowest BCUT2D eigenvalue weighted by molar-refractivity contribution is 0.0712. The zero-order valence-electron chi connectivity index (χ0n) is 13.6. The summed E-state index contributed by atoms with van der Waals surface area (Å²) in [6, 6.07) is 9.65. The Morgan fingerprint density at radius 1 is 1.33 bits per heavy atom. The largest absolute Gasteiger partial charge is 0.379 e. The summed E-state index contributed by atoms with van der Waals surface area (Å²) < 4.78 is 5.51. The van der Waals surface area contributed by atoms with Gasteiger partial charge in [-0.25, -0.2) is 0 Å². The number of hydrogen-bond donors (Lipinski definition) is 2. The summed E-state index contributed by atoms with van der Waals surface area (Å²) in [6.07, 6.45) is 1.11. The molecule has 0 spiro atoms. The molecule has 4 nitrogen and oxygen atoms in total. The summed E-state index contributed by atoms with van der Waals surface area (Å²) in [5, 5.41) is 7.16. The highest BCUT2D eigenvalue weighted by Gasteiger charge is 2.16. The van der Waals surface area contributed by atoms with Crippen molar-refractivity contribution in [3.8, 4) is 0 Å². The minimum absolute atomic E-state index is 0.483. The van der Waals surface area contributed by atoms with Crippen LogP contribution < -0.4 is 10.6 Å². The average Bonchev–Trinajstić information content (AvgIpc) is 2.47.